The van der Waals surface area contributed by atoms with E-state index < -0.39 is 10.0 Å². The number of carbonyl (C=O) groups excluding carboxylic acids is 1. The molecule has 1 aromatic carbocycles. The molecule has 0 aliphatic carbocycles. The lowest BCUT2D eigenvalue weighted by Gasteiger charge is -2.14. The Labute approximate surface area is 88.6 Å². The van der Waals surface area contributed by atoms with Gasteiger partial charge in [-0.1, -0.05) is 18.2 Å². The molecule has 0 spiro atoms. The summed E-state index contributed by atoms with van der Waals surface area (Å²) in [5, 5.41) is 0. The SMILES string of the molecule is O=C1CCN(S(=O)(=O)c2ccccc2)C1. The van der Waals surface area contributed by atoms with Crippen LogP contribution in [0.15, 0.2) is 35.2 Å². The molecular weight excluding hydrogens is 214 g/mol. The Hall–Kier alpha value is -1.20. The van der Waals surface area contributed by atoms with Crippen LogP contribution in [0.3, 0.4) is 0 Å². The van der Waals surface area contributed by atoms with Crippen molar-refractivity contribution in [1.29, 1.82) is 0 Å². The van der Waals surface area contributed by atoms with Crippen molar-refractivity contribution >= 4 is 15.8 Å². The van der Waals surface area contributed by atoms with Gasteiger partial charge in [0.2, 0.25) is 10.0 Å². The Kier molecular flexibility index (Phi) is 2.58. The number of sulfonamides is 1. The van der Waals surface area contributed by atoms with E-state index in [-0.39, 0.29) is 17.2 Å². The van der Waals surface area contributed by atoms with Crippen molar-refractivity contribution in [2.75, 3.05) is 13.1 Å². The normalized spacial score (nSPS) is 18.3. The summed E-state index contributed by atoms with van der Waals surface area (Å²) in [4.78, 5) is 11.3. The Morgan fingerprint density at radius 2 is 1.80 bits per heavy atom. The van der Waals surface area contributed by atoms with Crippen LogP contribution in [-0.4, -0.2) is 31.6 Å². The molecule has 0 saturated carbocycles. The largest absolute Gasteiger partial charge is 0.298 e. The number of hydrogen-bond acceptors (Lipinski definition) is 3. The number of Topliss-reactive ketones (excluding diaryl/α,β-unsaturated/α-hetero) is 1. The highest BCUT2D eigenvalue weighted by molar-refractivity contribution is 7.89. The standard InChI is InChI=1S/C10H11NO3S/c12-9-6-7-11(8-9)15(13,14)10-4-2-1-3-5-10/h1-5H,6-8H2. The van der Waals surface area contributed by atoms with Crippen molar-refractivity contribution in [3.8, 4) is 0 Å². The fourth-order valence-corrected chi connectivity index (χ4v) is 3.00. The molecule has 1 aliphatic rings. The molecule has 1 aliphatic heterocycles. The zero-order valence-electron chi connectivity index (χ0n) is 8.09. The third-order valence-electron chi connectivity index (χ3n) is 2.37. The monoisotopic (exact) mass is 225 g/mol. The van der Waals surface area contributed by atoms with E-state index in [1.807, 2.05) is 0 Å². The maximum Gasteiger partial charge on any atom is 0.243 e. The molecule has 0 atom stereocenters. The highest BCUT2D eigenvalue weighted by Gasteiger charge is 2.30. The van der Waals surface area contributed by atoms with Crippen LogP contribution in [-0.2, 0) is 14.8 Å². The maximum atomic E-state index is 12.0. The van der Waals surface area contributed by atoms with Crippen LogP contribution in [0.4, 0.5) is 0 Å². The number of carbonyl (C=O) groups is 1. The van der Waals surface area contributed by atoms with Crippen molar-refractivity contribution in [3.63, 3.8) is 0 Å². The molecule has 0 amide bonds. The number of hydrogen-bond donors (Lipinski definition) is 0. The molecule has 1 fully saturated rings. The Balaban J connectivity index is 2.32. The fourth-order valence-electron chi connectivity index (χ4n) is 1.55. The van der Waals surface area contributed by atoms with Gasteiger partial charge in [-0.2, -0.15) is 4.31 Å². The third kappa shape index (κ3) is 1.93. The highest BCUT2D eigenvalue weighted by Crippen LogP contribution is 2.18. The van der Waals surface area contributed by atoms with E-state index >= 15 is 0 Å². The summed E-state index contributed by atoms with van der Waals surface area (Å²) in [6.45, 7) is 0.313. The molecule has 0 aromatic heterocycles. The predicted octanol–water partition coefficient (Wildman–Crippen LogP) is 0.650. The third-order valence-corrected chi connectivity index (χ3v) is 4.23. The van der Waals surface area contributed by atoms with E-state index in [0.29, 0.717) is 13.0 Å². The number of rotatable bonds is 2. The van der Waals surface area contributed by atoms with Gasteiger partial charge in [0, 0.05) is 13.0 Å². The maximum absolute atomic E-state index is 12.0. The number of ketones is 1. The summed E-state index contributed by atoms with van der Waals surface area (Å²) in [5.41, 5.74) is 0. The van der Waals surface area contributed by atoms with Gasteiger partial charge in [-0.05, 0) is 12.1 Å². The van der Waals surface area contributed by atoms with Gasteiger partial charge >= 0.3 is 0 Å². The minimum atomic E-state index is -3.46. The van der Waals surface area contributed by atoms with E-state index in [4.69, 9.17) is 0 Å². The first-order chi connectivity index (χ1) is 7.10. The van der Waals surface area contributed by atoms with E-state index in [2.05, 4.69) is 0 Å². The molecule has 0 bridgehead atoms. The second kappa shape index (κ2) is 3.75. The second-order valence-corrected chi connectivity index (χ2v) is 5.38. The minimum Gasteiger partial charge on any atom is -0.298 e. The lowest BCUT2D eigenvalue weighted by Crippen LogP contribution is -2.28. The molecule has 2 rings (SSSR count). The Bertz CT molecular complexity index is 467. The van der Waals surface area contributed by atoms with E-state index in [9.17, 15) is 13.2 Å². The van der Waals surface area contributed by atoms with Crippen molar-refractivity contribution in [2.24, 2.45) is 0 Å². The molecule has 80 valence electrons. The van der Waals surface area contributed by atoms with Crippen LogP contribution in [0.25, 0.3) is 0 Å². The molecule has 0 radical (unpaired) electrons. The molecule has 1 aromatic rings. The summed E-state index contributed by atoms with van der Waals surface area (Å²) >= 11 is 0. The second-order valence-electron chi connectivity index (χ2n) is 3.44. The van der Waals surface area contributed by atoms with Crippen LogP contribution in [0, 0.1) is 0 Å². The van der Waals surface area contributed by atoms with Crippen LogP contribution in [0.5, 0.6) is 0 Å². The first-order valence-electron chi connectivity index (χ1n) is 4.67. The van der Waals surface area contributed by atoms with Crippen molar-refractivity contribution in [2.45, 2.75) is 11.3 Å². The predicted molar refractivity (Wildman–Crippen MR) is 54.8 cm³/mol. The van der Waals surface area contributed by atoms with Crippen LogP contribution < -0.4 is 0 Å². The smallest absolute Gasteiger partial charge is 0.243 e. The zero-order chi connectivity index (χ0) is 10.9. The molecule has 4 nitrogen and oxygen atoms in total. The van der Waals surface area contributed by atoms with E-state index in [1.54, 1.807) is 18.2 Å². The van der Waals surface area contributed by atoms with Crippen LogP contribution >= 0.6 is 0 Å². The van der Waals surface area contributed by atoms with E-state index in [0.717, 1.165) is 0 Å². The lowest BCUT2D eigenvalue weighted by molar-refractivity contribution is -0.116. The van der Waals surface area contributed by atoms with Gasteiger partial charge in [0.15, 0.2) is 0 Å². The summed E-state index contributed by atoms with van der Waals surface area (Å²) in [7, 11) is -3.46. The molecule has 15 heavy (non-hydrogen) atoms. The topological polar surface area (TPSA) is 54.5 Å². The molecule has 5 heteroatoms. The van der Waals surface area contributed by atoms with Crippen molar-refractivity contribution in [1.82, 2.24) is 4.31 Å². The van der Waals surface area contributed by atoms with Gasteiger partial charge in [-0.25, -0.2) is 8.42 Å². The number of nitrogens with zero attached hydrogens (tertiary/aromatic N) is 1. The zero-order valence-corrected chi connectivity index (χ0v) is 8.90. The average molecular weight is 225 g/mol. The van der Waals surface area contributed by atoms with Gasteiger partial charge in [0.25, 0.3) is 0 Å². The molecular formula is C10H11NO3S. The first-order valence-corrected chi connectivity index (χ1v) is 6.11. The van der Waals surface area contributed by atoms with E-state index in [1.165, 1.54) is 16.4 Å². The fraction of sp³-hybridized carbons (Fsp3) is 0.300. The molecule has 1 heterocycles. The van der Waals surface area contributed by atoms with Crippen molar-refractivity contribution in [3.05, 3.63) is 30.3 Å². The molecule has 0 unspecified atom stereocenters. The van der Waals surface area contributed by atoms with Gasteiger partial charge in [0.1, 0.15) is 5.78 Å². The summed E-state index contributed by atoms with van der Waals surface area (Å²) < 4.78 is 25.1. The van der Waals surface area contributed by atoms with Crippen LogP contribution in [0.2, 0.25) is 0 Å². The van der Waals surface area contributed by atoms with Gasteiger partial charge < -0.3 is 0 Å². The summed E-state index contributed by atoms with van der Waals surface area (Å²) in [5.74, 6) is -0.0190. The average Bonchev–Trinajstić information content (AvgIpc) is 2.67. The first kappa shape index (κ1) is 10.3. The quantitative estimate of drug-likeness (QED) is 0.742. The minimum absolute atomic E-state index is 0.0111. The van der Waals surface area contributed by atoms with Gasteiger partial charge in [-0.3, -0.25) is 4.79 Å². The lowest BCUT2D eigenvalue weighted by atomic mass is 10.4. The van der Waals surface area contributed by atoms with Crippen LogP contribution in [0.1, 0.15) is 6.42 Å². The van der Waals surface area contributed by atoms with Gasteiger partial charge in [-0.15, -0.1) is 0 Å². The molecule has 1 saturated heterocycles. The van der Waals surface area contributed by atoms with Gasteiger partial charge in [0.05, 0.1) is 11.4 Å². The number of benzene rings is 1. The summed E-state index contributed by atoms with van der Waals surface area (Å²) in [6.07, 6.45) is 0.325. The Morgan fingerprint density at radius 3 is 2.33 bits per heavy atom. The summed E-state index contributed by atoms with van der Waals surface area (Å²) in [6, 6.07) is 8.18. The van der Waals surface area contributed by atoms with Crippen molar-refractivity contribution < 1.29 is 13.2 Å². The highest BCUT2D eigenvalue weighted by atomic mass is 32.2. The Morgan fingerprint density at radius 1 is 1.13 bits per heavy atom. The molecule has 0 N–H and O–H groups in total.